The molecule has 0 saturated heterocycles. The summed E-state index contributed by atoms with van der Waals surface area (Å²) in [6.45, 7) is 0. The molecule has 6 aromatic rings. The van der Waals surface area contributed by atoms with E-state index in [1.165, 1.54) is 22.7 Å². The molecule has 0 fully saturated rings. The van der Waals surface area contributed by atoms with Gasteiger partial charge in [0.25, 0.3) is 0 Å². The maximum Gasteiger partial charge on any atom is 0.209 e. The molecular formula is C32H20Br4N4O2S2Zn. The van der Waals surface area contributed by atoms with Crippen LogP contribution in [0.1, 0.15) is 11.1 Å². The zero-order valence-electron chi connectivity index (χ0n) is 23.1. The van der Waals surface area contributed by atoms with Crippen molar-refractivity contribution in [2.75, 3.05) is 0 Å². The van der Waals surface area contributed by atoms with Crippen molar-refractivity contribution in [2.45, 2.75) is 0 Å². The summed E-state index contributed by atoms with van der Waals surface area (Å²) >= 11 is 16.3. The average molecular weight is 942 g/mol. The number of rotatable bonds is 6. The van der Waals surface area contributed by atoms with Crippen LogP contribution in [0.5, 0.6) is 11.5 Å². The third-order valence-electron chi connectivity index (χ3n) is 5.87. The van der Waals surface area contributed by atoms with Crippen LogP contribution in [0.2, 0.25) is 0 Å². The van der Waals surface area contributed by atoms with Crippen LogP contribution in [0.4, 0.5) is 10.3 Å². The molecule has 2 aromatic heterocycles. The maximum absolute atomic E-state index is 10.0. The summed E-state index contributed by atoms with van der Waals surface area (Å²) in [5.74, 6) is 0.318. The minimum atomic E-state index is 0. The number of benzene rings is 4. The molecule has 2 N–H and O–H groups in total. The van der Waals surface area contributed by atoms with Crippen molar-refractivity contribution < 1.29 is 29.7 Å². The number of aliphatic imine (C=N–C) groups is 2. The standard InChI is InChI=1S/2C16H10Br2N2OS.Zn/c2*17-12-6-11(15(21)13(18)7-12)8-19-16-20-14(9-22-16)10-4-2-1-3-5-10;/h2*1-9,21H;. The van der Waals surface area contributed by atoms with E-state index in [0.29, 0.717) is 30.3 Å². The Labute approximate surface area is 314 Å². The summed E-state index contributed by atoms with van der Waals surface area (Å²) in [4.78, 5) is 17.7. The molecule has 4 aromatic carbocycles. The molecule has 0 atom stereocenters. The Kier molecular flexibility index (Phi) is 13.4. The Hall–Kier alpha value is -2.38. The third kappa shape index (κ3) is 9.81. The molecule has 0 unspecified atom stereocenters. The van der Waals surface area contributed by atoms with Gasteiger partial charge in [-0.1, -0.05) is 92.5 Å². The Morgan fingerprint density at radius 1 is 0.578 bits per heavy atom. The van der Waals surface area contributed by atoms with Gasteiger partial charge in [-0.2, -0.15) is 0 Å². The number of hydrogen-bond acceptors (Lipinski definition) is 8. The molecule has 0 aliphatic carbocycles. The van der Waals surface area contributed by atoms with Gasteiger partial charge in [-0.3, -0.25) is 0 Å². The molecule has 2 heterocycles. The van der Waals surface area contributed by atoms with E-state index in [0.717, 1.165) is 31.5 Å². The Balaban J connectivity index is 0.000000200. The quantitative estimate of drug-likeness (QED) is 0.129. The maximum atomic E-state index is 10.0. The first-order valence-corrected chi connectivity index (χ1v) is 17.7. The van der Waals surface area contributed by atoms with Crippen molar-refractivity contribution in [2.24, 2.45) is 9.98 Å². The van der Waals surface area contributed by atoms with Gasteiger partial charge in [-0.15, -0.1) is 22.7 Å². The van der Waals surface area contributed by atoms with E-state index in [1.54, 1.807) is 36.7 Å². The monoisotopic (exact) mass is 936 g/mol. The number of phenolic OH excluding ortho intramolecular Hbond substituents is 2. The molecular weight excluding hydrogens is 922 g/mol. The summed E-state index contributed by atoms with van der Waals surface area (Å²) in [5, 5.41) is 25.3. The van der Waals surface area contributed by atoms with Gasteiger partial charge in [0.2, 0.25) is 10.3 Å². The largest absolute Gasteiger partial charge is 0.506 e. The van der Waals surface area contributed by atoms with Crippen LogP contribution in [-0.2, 0) is 19.5 Å². The van der Waals surface area contributed by atoms with Crippen molar-refractivity contribution in [3.05, 3.63) is 125 Å². The van der Waals surface area contributed by atoms with Gasteiger partial charge < -0.3 is 10.2 Å². The van der Waals surface area contributed by atoms with Crippen LogP contribution in [0.25, 0.3) is 22.5 Å². The Morgan fingerprint density at radius 3 is 1.33 bits per heavy atom. The molecule has 0 bridgehead atoms. The molecule has 0 aliphatic rings. The van der Waals surface area contributed by atoms with Gasteiger partial charge in [0, 0.05) is 73.9 Å². The smallest absolute Gasteiger partial charge is 0.209 e. The second-order valence-corrected chi connectivity index (χ2v) is 14.1. The average Bonchev–Trinajstić information content (AvgIpc) is 3.71. The summed E-state index contributed by atoms with van der Waals surface area (Å²) in [6, 6.07) is 27.1. The van der Waals surface area contributed by atoms with Crippen molar-refractivity contribution in [3.8, 4) is 34.0 Å². The molecule has 0 amide bonds. The molecule has 45 heavy (non-hydrogen) atoms. The zero-order chi connectivity index (χ0) is 31.1. The predicted molar refractivity (Wildman–Crippen MR) is 197 cm³/mol. The predicted octanol–water partition coefficient (Wildman–Crippen LogP) is 11.6. The molecule has 13 heteroatoms. The molecule has 0 radical (unpaired) electrons. The molecule has 222 valence electrons. The second-order valence-electron chi connectivity index (χ2n) is 8.93. The van der Waals surface area contributed by atoms with E-state index in [-0.39, 0.29) is 31.0 Å². The van der Waals surface area contributed by atoms with Gasteiger partial charge in [0.15, 0.2) is 0 Å². The number of halogens is 4. The second kappa shape index (κ2) is 17.0. The van der Waals surface area contributed by atoms with E-state index < -0.39 is 0 Å². The van der Waals surface area contributed by atoms with E-state index in [1.807, 2.05) is 71.4 Å². The minimum absolute atomic E-state index is 0. The van der Waals surface area contributed by atoms with Gasteiger partial charge >= 0.3 is 0 Å². The number of aromatic nitrogens is 2. The van der Waals surface area contributed by atoms with Crippen LogP contribution < -0.4 is 0 Å². The van der Waals surface area contributed by atoms with Crippen LogP contribution >= 0.6 is 86.4 Å². The van der Waals surface area contributed by atoms with E-state index >= 15 is 0 Å². The van der Waals surface area contributed by atoms with E-state index in [9.17, 15) is 10.2 Å². The SMILES string of the molecule is Oc1c(Br)cc(Br)cc1C=Nc1nc(-c2ccccc2)cs1.Oc1c(Br)cc(Br)cc1C=Nc1nc(-c2ccccc2)cs1.[Zn]. The number of thiazole rings is 2. The number of hydrogen-bond donors (Lipinski definition) is 2. The fourth-order valence-corrected chi connectivity index (χ4v) is 7.61. The first-order chi connectivity index (χ1) is 21.3. The summed E-state index contributed by atoms with van der Waals surface area (Å²) in [7, 11) is 0. The fraction of sp³-hybridized carbons (Fsp3) is 0. The van der Waals surface area contributed by atoms with Crippen molar-refractivity contribution in [3.63, 3.8) is 0 Å². The fourth-order valence-electron chi connectivity index (χ4n) is 3.75. The number of nitrogens with zero attached hydrogens (tertiary/aromatic N) is 4. The molecule has 0 saturated carbocycles. The first kappa shape index (κ1) is 35.5. The minimum Gasteiger partial charge on any atom is -0.506 e. The van der Waals surface area contributed by atoms with Crippen LogP contribution in [-0.4, -0.2) is 32.6 Å². The Morgan fingerprint density at radius 2 is 0.956 bits per heavy atom. The van der Waals surface area contributed by atoms with Crippen LogP contribution in [0, 0.1) is 0 Å². The van der Waals surface area contributed by atoms with Gasteiger partial charge in [-0.05, 0) is 56.1 Å². The van der Waals surface area contributed by atoms with Gasteiger partial charge in [0.1, 0.15) is 11.5 Å². The normalized spacial score (nSPS) is 10.9. The molecule has 0 aliphatic heterocycles. The molecule has 6 rings (SSSR count). The zero-order valence-corrected chi connectivity index (χ0v) is 34.1. The summed E-state index contributed by atoms with van der Waals surface area (Å²) in [6.07, 6.45) is 3.22. The Bertz CT molecular complexity index is 1810. The van der Waals surface area contributed by atoms with Crippen LogP contribution in [0.3, 0.4) is 0 Å². The van der Waals surface area contributed by atoms with Crippen molar-refractivity contribution >= 4 is 109 Å². The first-order valence-electron chi connectivity index (χ1n) is 12.7. The third-order valence-corrected chi connectivity index (χ3v) is 9.49. The number of aromatic hydroxyl groups is 2. The summed E-state index contributed by atoms with van der Waals surface area (Å²) < 4.78 is 2.96. The van der Waals surface area contributed by atoms with Crippen molar-refractivity contribution in [1.29, 1.82) is 0 Å². The van der Waals surface area contributed by atoms with E-state index in [2.05, 4.69) is 83.7 Å². The van der Waals surface area contributed by atoms with Gasteiger partial charge in [-0.25, -0.2) is 20.0 Å². The summed E-state index contributed by atoms with van der Waals surface area (Å²) in [5.41, 5.74) is 5.17. The number of phenols is 2. The van der Waals surface area contributed by atoms with E-state index in [4.69, 9.17) is 0 Å². The molecule has 0 spiro atoms. The van der Waals surface area contributed by atoms with Gasteiger partial charge in [0.05, 0.1) is 20.3 Å². The topological polar surface area (TPSA) is 91.0 Å². The molecule has 6 nitrogen and oxygen atoms in total. The van der Waals surface area contributed by atoms with Crippen LogP contribution in [0.15, 0.2) is 124 Å². The van der Waals surface area contributed by atoms with Crippen molar-refractivity contribution in [1.82, 2.24) is 9.97 Å².